The highest BCUT2D eigenvalue weighted by molar-refractivity contribution is 5.86. The average Bonchev–Trinajstić information content (AvgIpc) is 2.16. The fraction of sp³-hybridized carbons (Fsp3) is 0.400. The lowest BCUT2D eigenvalue weighted by atomic mass is 10.2. The number of carboxylic acid groups (broad SMARTS) is 1. The molecule has 0 aliphatic rings. The van der Waals surface area contributed by atoms with Gasteiger partial charge in [0.25, 0.3) is 5.56 Å². The smallest absolute Gasteiger partial charge is 0.341 e. The van der Waals surface area contributed by atoms with Crippen molar-refractivity contribution in [1.29, 1.82) is 0 Å². The summed E-state index contributed by atoms with van der Waals surface area (Å²) in [7, 11) is 0. The van der Waals surface area contributed by atoms with Crippen molar-refractivity contribution in [3.05, 3.63) is 34.2 Å². The molecule has 0 aliphatic carbocycles. The van der Waals surface area contributed by atoms with E-state index in [1.54, 1.807) is 12.3 Å². The van der Waals surface area contributed by atoms with Gasteiger partial charge in [0.15, 0.2) is 0 Å². The minimum absolute atomic E-state index is 0. The van der Waals surface area contributed by atoms with Crippen molar-refractivity contribution in [2.75, 3.05) is 0 Å². The predicted octanol–water partition coefficient (Wildman–Crippen LogP) is 1.77. The van der Waals surface area contributed by atoms with Gasteiger partial charge in [0.2, 0.25) is 0 Å². The number of hydrogen-bond acceptors (Lipinski definition) is 2. The quantitative estimate of drug-likeness (QED) is 0.859. The van der Waals surface area contributed by atoms with Crippen LogP contribution in [0.5, 0.6) is 0 Å². The number of aromatic nitrogens is 1. The van der Waals surface area contributed by atoms with E-state index in [1.807, 2.05) is 6.92 Å². The Kier molecular flexibility index (Phi) is 5.70. The van der Waals surface area contributed by atoms with E-state index in [2.05, 4.69) is 0 Å². The van der Waals surface area contributed by atoms with Gasteiger partial charge in [0, 0.05) is 12.7 Å². The fourth-order valence-corrected chi connectivity index (χ4v) is 1.20. The van der Waals surface area contributed by atoms with Crippen molar-refractivity contribution in [2.45, 2.75) is 26.3 Å². The Labute approximate surface area is 94.0 Å². The van der Waals surface area contributed by atoms with Crippen LogP contribution in [-0.2, 0) is 6.54 Å². The number of hydrogen-bond donors (Lipinski definition) is 1. The normalized spacial score (nSPS) is 9.40. The summed E-state index contributed by atoms with van der Waals surface area (Å²) < 4.78 is 1.44. The first-order valence-corrected chi connectivity index (χ1v) is 4.59. The number of pyridine rings is 1. The molecular formula is C10H14ClNO3. The lowest BCUT2D eigenvalue weighted by molar-refractivity contribution is 0.0694. The molecule has 1 rings (SSSR count). The molecule has 1 aromatic heterocycles. The number of nitrogens with zero attached hydrogens (tertiary/aromatic N) is 1. The van der Waals surface area contributed by atoms with E-state index in [1.165, 1.54) is 10.6 Å². The molecule has 0 fully saturated rings. The summed E-state index contributed by atoms with van der Waals surface area (Å²) in [5.41, 5.74) is -0.586. The second kappa shape index (κ2) is 6.24. The van der Waals surface area contributed by atoms with Gasteiger partial charge in [-0.25, -0.2) is 4.79 Å². The summed E-state index contributed by atoms with van der Waals surface area (Å²) in [4.78, 5) is 22.1. The highest BCUT2D eigenvalue weighted by atomic mass is 35.5. The second-order valence-electron chi connectivity index (χ2n) is 3.08. The van der Waals surface area contributed by atoms with Crippen molar-refractivity contribution >= 4 is 18.4 Å². The lowest BCUT2D eigenvalue weighted by Crippen LogP contribution is -2.25. The van der Waals surface area contributed by atoms with Crippen LogP contribution in [0.4, 0.5) is 0 Å². The van der Waals surface area contributed by atoms with Gasteiger partial charge in [0.05, 0.1) is 0 Å². The number of halogens is 1. The molecule has 4 nitrogen and oxygen atoms in total. The van der Waals surface area contributed by atoms with Gasteiger partial charge < -0.3 is 9.67 Å². The third-order valence-corrected chi connectivity index (χ3v) is 2.00. The number of aromatic carboxylic acids is 1. The lowest BCUT2D eigenvalue weighted by Gasteiger charge is -2.04. The Morgan fingerprint density at radius 3 is 2.73 bits per heavy atom. The van der Waals surface area contributed by atoms with Crippen LogP contribution in [0.3, 0.4) is 0 Å². The third kappa shape index (κ3) is 3.40. The fourth-order valence-electron chi connectivity index (χ4n) is 1.20. The maximum atomic E-state index is 11.5. The summed E-state index contributed by atoms with van der Waals surface area (Å²) >= 11 is 0. The molecule has 0 spiro atoms. The van der Waals surface area contributed by atoms with E-state index in [0.717, 1.165) is 12.8 Å². The van der Waals surface area contributed by atoms with Gasteiger partial charge in [-0.15, -0.1) is 12.4 Å². The van der Waals surface area contributed by atoms with Gasteiger partial charge in [-0.05, 0) is 18.6 Å². The monoisotopic (exact) mass is 231 g/mol. The summed E-state index contributed by atoms with van der Waals surface area (Å²) in [6, 6.07) is 2.91. The zero-order valence-electron chi connectivity index (χ0n) is 8.47. The van der Waals surface area contributed by atoms with Gasteiger partial charge >= 0.3 is 5.97 Å². The Balaban J connectivity index is 0.00000196. The zero-order chi connectivity index (χ0) is 10.6. The van der Waals surface area contributed by atoms with E-state index in [-0.39, 0.29) is 18.0 Å². The first-order chi connectivity index (χ1) is 6.66. The Bertz CT molecular complexity index is 386. The summed E-state index contributed by atoms with van der Waals surface area (Å²) in [6.07, 6.45) is 3.47. The first-order valence-electron chi connectivity index (χ1n) is 4.59. The molecule has 5 heteroatoms. The number of unbranched alkanes of at least 4 members (excludes halogenated alkanes) is 1. The SMILES string of the molecule is CCCCn1cccc(C(=O)O)c1=O.Cl. The molecule has 0 bridgehead atoms. The van der Waals surface area contributed by atoms with Crippen molar-refractivity contribution in [1.82, 2.24) is 4.57 Å². The first kappa shape index (κ1) is 13.7. The Hall–Kier alpha value is -1.29. The molecular weight excluding hydrogens is 218 g/mol. The largest absolute Gasteiger partial charge is 0.477 e. The van der Waals surface area contributed by atoms with Crippen LogP contribution in [0.1, 0.15) is 30.1 Å². The standard InChI is InChI=1S/C10H13NO3.ClH/c1-2-3-6-11-7-4-5-8(9(11)12)10(13)14;/h4-5,7H,2-3,6H2,1H3,(H,13,14);1H. The molecule has 0 amide bonds. The Morgan fingerprint density at radius 1 is 1.53 bits per heavy atom. The molecule has 0 unspecified atom stereocenters. The molecule has 0 aromatic carbocycles. The molecule has 1 heterocycles. The number of carbonyl (C=O) groups is 1. The van der Waals surface area contributed by atoms with Crippen molar-refractivity contribution in [3.8, 4) is 0 Å². The highest BCUT2D eigenvalue weighted by Gasteiger charge is 2.09. The van der Waals surface area contributed by atoms with E-state index in [9.17, 15) is 9.59 Å². The summed E-state index contributed by atoms with van der Waals surface area (Å²) in [5, 5.41) is 8.70. The van der Waals surface area contributed by atoms with Crippen molar-refractivity contribution in [2.24, 2.45) is 0 Å². The number of carboxylic acids is 1. The maximum Gasteiger partial charge on any atom is 0.341 e. The maximum absolute atomic E-state index is 11.5. The minimum atomic E-state index is -1.17. The second-order valence-corrected chi connectivity index (χ2v) is 3.08. The molecule has 0 atom stereocenters. The van der Waals surface area contributed by atoms with Crippen LogP contribution >= 0.6 is 12.4 Å². The average molecular weight is 232 g/mol. The van der Waals surface area contributed by atoms with Gasteiger partial charge in [-0.2, -0.15) is 0 Å². The van der Waals surface area contributed by atoms with E-state index in [0.29, 0.717) is 6.54 Å². The van der Waals surface area contributed by atoms with Crippen LogP contribution in [0.25, 0.3) is 0 Å². The molecule has 84 valence electrons. The number of rotatable bonds is 4. The highest BCUT2D eigenvalue weighted by Crippen LogP contribution is 1.95. The molecule has 1 N–H and O–H groups in total. The van der Waals surface area contributed by atoms with Crippen molar-refractivity contribution < 1.29 is 9.90 Å². The van der Waals surface area contributed by atoms with Gasteiger partial charge in [-0.3, -0.25) is 4.79 Å². The van der Waals surface area contributed by atoms with E-state index < -0.39 is 11.5 Å². The molecule has 0 saturated carbocycles. The van der Waals surface area contributed by atoms with E-state index >= 15 is 0 Å². The molecule has 0 radical (unpaired) electrons. The van der Waals surface area contributed by atoms with Gasteiger partial charge in [0.1, 0.15) is 5.56 Å². The molecule has 0 saturated heterocycles. The number of aryl methyl sites for hydroxylation is 1. The van der Waals surface area contributed by atoms with E-state index in [4.69, 9.17) is 5.11 Å². The topological polar surface area (TPSA) is 59.3 Å². The minimum Gasteiger partial charge on any atom is -0.477 e. The summed E-state index contributed by atoms with van der Waals surface area (Å²) in [6.45, 7) is 2.60. The molecule has 0 aliphatic heterocycles. The van der Waals surface area contributed by atoms with Crippen LogP contribution in [0.2, 0.25) is 0 Å². The molecule has 15 heavy (non-hydrogen) atoms. The van der Waals surface area contributed by atoms with Crippen LogP contribution in [-0.4, -0.2) is 15.6 Å². The Morgan fingerprint density at radius 2 is 2.20 bits per heavy atom. The van der Waals surface area contributed by atoms with Crippen molar-refractivity contribution in [3.63, 3.8) is 0 Å². The predicted molar refractivity (Wildman–Crippen MR) is 59.8 cm³/mol. The zero-order valence-corrected chi connectivity index (χ0v) is 9.29. The van der Waals surface area contributed by atoms with Gasteiger partial charge in [-0.1, -0.05) is 13.3 Å². The van der Waals surface area contributed by atoms with Crippen LogP contribution in [0.15, 0.2) is 23.1 Å². The summed E-state index contributed by atoms with van der Waals surface area (Å²) in [5.74, 6) is -1.17. The van der Waals surface area contributed by atoms with Crippen LogP contribution in [0, 0.1) is 0 Å². The van der Waals surface area contributed by atoms with Crippen LogP contribution < -0.4 is 5.56 Å². The molecule has 1 aromatic rings. The third-order valence-electron chi connectivity index (χ3n) is 2.00.